The van der Waals surface area contributed by atoms with Gasteiger partial charge in [0, 0.05) is 19.1 Å². The summed E-state index contributed by atoms with van der Waals surface area (Å²) in [5, 5.41) is 5.26. The Hall–Kier alpha value is -1.73. The molecule has 1 amide bonds. The number of amides is 1. The fourth-order valence-electron chi connectivity index (χ4n) is 3.12. The van der Waals surface area contributed by atoms with Crippen molar-refractivity contribution < 1.29 is 4.79 Å². The minimum absolute atomic E-state index is 0.00287. The molecule has 0 aliphatic heterocycles. The van der Waals surface area contributed by atoms with Gasteiger partial charge >= 0.3 is 0 Å². The second-order valence-corrected chi connectivity index (χ2v) is 6.65. The molecule has 6 nitrogen and oxygen atoms in total. The highest BCUT2D eigenvalue weighted by Crippen LogP contribution is 2.24. The van der Waals surface area contributed by atoms with Gasteiger partial charge in [0.25, 0.3) is 5.56 Å². The molecular weight excluding hydrogens is 300 g/mol. The second kappa shape index (κ2) is 6.58. The van der Waals surface area contributed by atoms with Crippen molar-refractivity contribution in [3.05, 3.63) is 28.1 Å². The number of nitrogens with two attached hydrogens (primary N) is 1. The molecular formula is C15H20N4O2S. The zero-order chi connectivity index (χ0) is 15.5. The van der Waals surface area contributed by atoms with Gasteiger partial charge in [0.15, 0.2) is 0 Å². The van der Waals surface area contributed by atoms with Gasteiger partial charge in [-0.15, -0.1) is 11.3 Å². The molecule has 0 bridgehead atoms. The zero-order valence-corrected chi connectivity index (χ0v) is 13.1. The first-order chi connectivity index (χ1) is 10.7. The van der Waals surface area contributed by atoms with Gasteiger partial charge < -0.3 is 11.1 Å². The summed E-state index contributed by atoms with van der Waals surface area (Å²) >= 11 is 1.42. The van der Waals surface area contributed by atoms with Crippen molar-refractivity contribution in [3.63, 3.8) is 0 Å². The lowest BCUT2D eigenvalue weighted by Crippen LogP contribution is -2.46. The van der Waals surface area contributed by atoms with E-state index in [2.05, 4.69) is 10.3 Å². The first kappa shape index (κ1) is 15.2. The Labute approximate surface area is 132 Å². The monoisotopic (exact) mass is 320 g/mol. The molecule has 2 aromatic rings. The Morgan fingerprint density at radius 2 is 2.27 bits per heavy atom. The average Bonchev–Trinajstić information content (AvgIpc) is 2.99. The van der Waals surface area contributed by atoms with Crippen molar-refractivity contribution >= 4 is 27.5 Å². The van der Waals surface area contributed by atoms with E-state index in [1.165, 1.54) is 11.3 Å². The standard InChI is InChI=1S/C15H20N4O2S/c16-14(20)10-3-1-2-4-11(10)17-6-7-19-9-18-12-5-8-22-13(12)15(19)21/h5,8-11,17H,1-4,6-7H2,(H2,16,20)/t10-,11+/m0/s1. The molecule has 0 spiro atoms. The fourth-order valence-corrected chi connectivity index (χ4v) is 3.92. The number of hydrogen-bond acceptors (Lipinski definition) is 5. The Morgan fingerprint density at radius 1 is 1.45 bits per heavy atom. The summed E-state index contributed by atoms with van der Waals surface area (Å²) in [6, 6.07) is 1.98. The van der Waals surface area contributed by atoms with E-state index in [9.17, 15) is 9.59 Å². The van der Waals surface area contributed by atoms with Crippen LogP contribution < -0.4 is 16.6 Å². The highest BCUT2D eigenvalue weighted by atomic mass is 32.1. The maximum atomic E-state index is 12.3. The molecule has 3 N–H and O–H groups in total. The third-order valence-corrected chi connectivity index (χ3v) is 5.22. The van der Waals surface area contributed by atoms with E-state index in [4.69, 9.17) is 5.73 Å². The minimum Gasteiger partial charge on any atom is -0.369 e. The van der Waals surface area contributed by atoms with Crippen LogP contribution in [0.4, 0.5) is 0 Å². The van der Waals surface area contributed by atoms with Crippen LogP contribution in [0.5, 0.6) is 0 Å². The molecule has 0 aromatic carbocycles. The summed E-state index contributed by atoms with van der Waals surface area (Å²) in [7, 11) is 0. The van der Waals surface area contributed by atoms with Crippen LogP contribution in [-0.4, -0.2) is 28.0 Å². The number of nitrogens with zero attached hydrogens (tertiary/aromatic N) is 2. The number of fused-ring (bicyclic) bond motifs is 1. The van der Waals surface area contributed by atoms with Gasteiger partial charge in [-0.3, -0.25) is 14.2 Å². The molecule has 1 aliphatic carbocycles. The summed E-state index contributed by atoms with van der Waals surface area (Å²) in [4.78, 5) is 28.0. The van der Waals surface area contributed by atoms with Gasteiger partial charge in [0.1, 0.15) is 4.70 Å². The van der Waals surface area contributed by atoms with Gasteiger partial charge in [-0.25, -0.2) is 4.98 Å². The molecule has 118 valence electrons. The number of primary amides is 1. The number of hydrogen-bond donors (Lipinski definition) is 2. The quantitative estimate of drug-likeness (QED) is 0.863. The van der Waals surface area contributed by atoms with E-state index in [1.807, 2.05) is 11.4 Å². The SMILES string of the molecule is NC(=O)[C@H]1CCCC[C@H]1NCCn1cnc2ccsc2c1=O. The predicted octanol–water partition coefficient (Wildman–Crippen LogP) is 1.09. The number of rotatable bonds is 5. The largest absolute Gasteiger partial charge is 0.369 e. The maximum absolute atomic E-state index is 12.3. The third-order valence-electron chi connectivity index (χ3n) is 4.33. The molecule has 3 rings (SSSR count). The van der Waals surface area contributed by atoms with Crippen molar-refractivity contribution in [2.24, 2.45) is 11.7 Å². The first-order valence-electron chi connectivity index (χ1n) is 7.62. The average molecular weight is 320 g/mol. The topological polar surface area (TPSA) is 90.0 Å². The second-order valence-electron chi connectivity index (χ2n) is 5.73. The van der Waals surface area contributed by atoms with Gasteiger partial charge in [-0.2, -0.15) is 0 Å². The van der Waals surface area contributed by atoms with Gasteiger partial charge in [0.05, 0.1) is 17.8 Å². The Morgan fingerprint density at radius 3 is 3.09 bits per heavy atom. The molecule has 1 saturated carbocycles. The highest BCUT2D eigenvalue weighted by Gasteiger charge is 2.28. The molecule has 1 fully saturated rings. The zero-order valence-electron chi connectivity index (χ0n) is 12.3. The normalized spacial score (nSPS) is 22.0. The Kier molecular flexibility index (Phi) is 4.54. The van der Waals surface area contributed by atoms with Crippen LogP contribution in [0.25, 0.3) is 10.2 Å². The number of carbonyl (C=O) groups is 1. The smallest absolute Gasteiger partial charge is 0.271 e. The van der Waals surface area contributed by atoms with Crippen molar-refractivity contribution in [2.75, 3.05) is 6.54 Å². The van der Waals surface area contributed by atoms with Crippen molar-refractivity contribution in [2.45, 2.75) is 38.3 Å². The molecule has 22 heavy (non-hydrogen) atoms. The summed E-state index contributed by atoms with van der Waals surface area (Å²) in [6.07, 6.45) is 5.58. The molecule has 2 heterocycles. The molecule has 0 unspecified atom stereocenters. The fraction of sp³-hybridized carbons (Fsp3) is 0.533. The van der Waals surface area contributed by atoms with Crippen LogP contribution in [0.3, 0.4) is 0 Å². The summed E-state index contributed by atoms with van der Waals surface area (Å²) in [5.41, 5.74) is 6.22. The molecule has 2 aromatic heterocycles. The van der Waals surface area contributed by atoms with E-state index < -0.39 is 0 Å². The van der Waals surface area contributed by atoms with Gasteiger partial charge in [0.2, 0.25) is 5.91 Å². The van der Waals surface area contributed by atoms with E-state index >= 15 is 0 Å². The minimum atomic E-state index is -0.226. The lowest BCUT2D eigenvalue weighted by molar-refractivity contribution is -0.123. The Bertz CT molecular complexity index is 724. The van der Waals surface area contributed by atoms with E-state index in [1.54, 1.807) is 10.9 Å². The maximum Gasteiger partial charge on any atom is 0.271 e. The van der Waals surface area contributed by atoms with Crippen LogP contribution in [0.2, 0.25) is 0 Å². The molecule has 2 atom stereocenters. The van der Waals surface area contributed by atoms with Crippen LogP contribution in [0.1, 0.15) is 25.7 Å². The highest BCUT2D eigenvalue weighted by molar-refractivity contribution is 7.17. The van der Waals surface area contributed by atoms with Crippen LogP contribution >= 0.6 is 11.3 Å². The lowest BCUT2D eigenvalue weighted by atomic mass is 9.84. The Balaban J connectivity index is 1.63. The number of nitrogens with one attached hydrogen (secondary N) is 1. The van der Waals surface area contributed by atoms with Crippen molar-refractivity contribution in [1.82, 2.24) is 14.9 Å². The van der Waals surface area contributed by atoms with Crippen LogP contribution in [-0.2, 0) is 11.3 Å². The number of thiophene rings is 1. The third kappa shape index (κ3) is 3.05. The van der Waals surface area contributed by atoms with Gasteiger partial charge in [-0.1, -0.05) is 12.8 Å². The molecule has 7 heteroatoms. The van der Waals surface area contributed by atoms with Crippen molar-refractivity contribution in [3.8, 4) is 0 Å². The van der Waals surface area contributed by atoms with E-state index in [0.29, 0.717) is 17.8 Å². The summed E-state index contributed by atoms with van der Waals surface area (Å²) < 4.78 is 2.31. The number of carbonyl (C=O) groups excluding carboxylic acids is 1. The molecule has 0 radical (unpaired) electrons. The lowest BCUT2D eigenvalue weighted by Gasteiger charge is -2.30. The predicted molar refractivity (Wildman–Crippen MR) is 86.8 cm³/mol. The number of aromatic nitrogens is 2. The van der Waals surface area contributed by atoms with Gasteiger partial charge in [-0.05, 0) is 24.3 Å². The molecule has 1 aliphatic rings. The van der Waals surface area contributed by atoms with E-state index in [-0.39, 0.29) is 23.4 Å². The summed E-state index contributed by atoms with van der Waals surface area (Å²) in [6.45, 7) is 1.18. The first-order valence-corrected chi connectivity index (χ1v) is 8.50. The summed E-state index contributed by atoms with van der Waals surface area (Å²) in [5.74, 6) is -0.320. The van der Waals surface area contributed by atoms with Crippen LogP contribution in [0, 0.1) is 5.92 Å². The van der Waals surface area contributed by atoms with E-state index in [0.717, 1.165) is 31.2 Å². The van der Waals surface area contributed by atoms with Crippen molar-refractivity contribution in [1.29, 1.82) is 0 Å². The molecule has 0 saturated heterocycles. The van der Waals surface area contributed by atoms with Crippen LogP contribution in [0.15, 0.2) is 22.6 Å².